The van der Waals surface area contributed by atoms with E-state index in [0.717, 1.165) is 9.79 Å². The largest absolute Gasteiger partial charge is 0.508 e. The van der Waals surface area contributed by atoms with Gasteiger partial charge in [0, 0.05) is 22.6 Å². The number of nitrogens with zero attached hydrogens (tertiary/aromatic N) is 2. The highest BCUT2D eigenvalue weighted by molar-refractivity contribution is 7.98. The molecule has 0 radical (unpaired) electrons. The standard InChI is InChI=1S/C17H19N3O4S.C17H17N3O4S/c2*1-25-14-8-4-12(5-9-14)19-20-17(24)18-15(16(22)23)10-11-2-6-13(21)7-3-11/h2-9,15,19,21H,10H2,1H3,(H,22,23)(H2,18,20,24);2-9,15,21H,10H2,1H3,(H,18,24)(H,22,23). The summed E-state index contributed by atoms with van der Waals surface area (Å²) in [5, 5.41) is 49.0. The van der Waals surface area contributed by atoms with E-state index in [2.05, 4.69) is 31.7 Å². The molecule has 0 heterocycles. The summed E-state index contributed by atoms with van der Waals surface area (Å²) in [5.41, 5.74) is 7.65. The predicted octanol–water partition coefficient (Wildman–Crippen LogP) is 6.04. The van der Waals surface area contributed by atoms with Crippen LogP contribution in [-0.2, 0) is 22.4 Å². The Morgan fingerprint density at radius 2 is 1.08 bits per heavy atom. The van der Waals surface area contributed by atoms with Crippen molar-refractivity contribution >= 4 is 58.9 Å². The first-order valence-electron chi connectivity index (χ1n) is 14.8. The number of thioether (sulfide) groups is 2. The number of nitrogens with one attached hydrogen (secondary N) is 4. The number of hydrazine groups is 1. The van der Waals surface area contributed by atoms with Gasteiger partial charge in [-0.3, -0.25) is 10.9 Å². The molecule has 0 bridgehead atoms. The second-order valence-electron chi connectivity index (χ2n) is 10.3. The molecule has 0 saturated carbocycles. The second-order valence-corrected chi connectivity index (χ2v) is 12.1. The van der Waals surface area contributed by atoms with Crippen LogP contribution in [0.25, 0.3) is 0 Å². The van der Waals surface area contributed by atoms with Crippen LogP contribution in [0.5, 0.6) is 11.5 Å². The fourth-order valence-electron chi connectivity index (χ4n) is 4.06. The van der Waals surface area contributed by atoms with Gasteiger partial charge < -0.3 is 31.1 Å². The molecule has 0 spiro atoms. The number of phenolic OH excluding ortho intramolecular Hbond substituents is 2. The summed E-state index contributed by atoms with van der Waals surface area (Å²) in [7, 11) is 0. The number of urea groups is 2. The lowest BCUT2D eigenvalue weighted by molar-refractivity contribution is -0.140. The van der Waals surface area contributed by atoms with E-state index in [4.69, 9.17) is 0 Å². The minimum absolute atomic E-state index is 0.0687. The number of carboxylic acids is 2. The van der Waals surface area contributed by atoms with E-state index < -0.39 is 36.1 Å². The molecule has 0 fully saturated rings. The zero-order chi connectivity index (χ0) is 36.5. The van der Waals surface area contributed by atoms with Crippen LogP contribution in [0.15, 0.2) is 117 Å². The molecule has 4 amide bonds. The zero-order valence-corrected chi connectivity index (χ0v) is 28.6. The molecule has 16 heteroatoms. The van der Waals surface area contributed by atoms with Gasteiger partial charge in [-0.25, -0.2) is 19.2 Å². The molecule has 0 aliphatic heterocycles. The van der Waals surface area contributed by atoms with E-state index in [9.17, 15) is 39.6 Å². The van der Waals surface area contributed by atoms with Crippen LogP contribution in [0.4, 0.5) is 21.0 Å². The van der Waals surface area contributed by atoms with E-state index in [1.165, 1.54) is 24.3 Å². The number of hydrogen-bond donors (Lipinski definition) is 8. The number of aromatic hydroxyl groups is 2. The Hall–Kier alpha value is -5.74. The average molecular weight is 721 g/mol. The summed E-state index contributed by atoms with van der Waals surface area (Å²) in [5.74, 6) is -2.15. The molecule has 2 atom stereocenters. The van der Waals surface area contributed by atoms with Crippen LogP contribution < -0.4 is 21.5 Å². The summed E-state index contributed by atoms with van der Waals surface area (Å²) in [6.45, 7) is 0. The van der Waals surface area contributed by atoms with Crippen LogP contribution in [-0.4, -0.2) is 69.0 Å². The van der Waals surface area contributed by atoms with Crippen LogP contribution in [0.2, 0.25) is 0 Å². The summed E-state index contributed by atoms with van der Waals surface area (Å²) in [6.07, 6.45) is 4.09. The maximum atomic E-state index is 11.9. The molecule has 50 heavy (non-hydrogen) atoms. The third-order valence-corrected chi connectivity index (χ3v) is 8.18. The van der Waals surface area contributed by atoms with Crippen molar-refractivity contribution in [3.8, 4) is 11.5 Å². The molecule has 0 aromatic heterocycles. The number of aliphatic carboxylic acids is 2. The number of benzene rings is 4. The van der Waals surface area contributed by atoms with Gasteiger partial charge in [-0.05, 0) is 96.4 Å². The number of amides is 4. The molecular formula is C34H36N6O8S2. The highest BCUT2D eigenvalue weighted by Crippen LogP contribution is 2.20. The highest BCUT2D eigenvalue weighted by Gasteiger charge is 2.21. The van der Waals surface area contributed by atoms with Gasteiger partial charge in [-0.1, -0.05) is 29.4 Å². The number of azo groups is 1. The molecule has 0 aliphatic rings. The number of rotatable bonds is 13. The maximum absolute atomic E-state index is 11.9. The molecule has 4 aromatic rings. The van der Waals surface area contributed by atoms with Gasteiger partial charge in [0.2, 0.25) is 0 Å². The van der Waals surface area contributed by atoms with E-state index >= 15 is 0 Å². The quantitative estimate of drug-likeness (QED) is 0.0452. The van der Waals surface area contributed by atoms with Crippen molar-refractivity contribution < 1.29 is 39.6 Å². The van der Waals surface area contributed by atoms with Gasteiger partial charge in [0.15, 0.2) is 0 Å². The van der Waals surface area contributed by atoms with E-state index in [1.54, 1.807) is 72.1 Å². The molecule has 4 aromatic carbocycles. The van der Waals surface area contributed by atoms with Crippen LogP contribution in [0.3, 0.4) is 0 Å². The monoisotopic (exact) mass is 720 g/mol. The molecule has 0 saturated heterocycles. The Labute approximate surface area is 296 Å². The summed E-state index contributed by atoms with van der Waals surface area (Å²) >= 11 is 3.19. The normalized spacial score (nSPS) is 11.7. The summed E-state index contributed by atoms with van der Waals surface area (Å²) in [6, 6.07) is 23.0. The molecule has 14 nitrogen and oxygen atoms in total. The number of carboxylic acid groups (broad SMARTS) is 2. The molecular weight excluding hydrogens is 685 g/mol. The summed E-state index contributed by atoms with van der Waals surface area (Å²) < 4.78 is 0. The van der Waals surface area contributed by atoms with Gasteiger partial charge in [-0.15, -0.1) is 28.6 Å². The molecule has 4 rings (SSSR count). The molecule has 262 valence electrons. The van der Waals surface area contributed by atoms with Crippen molar-refractivity contribution in [2.45, 2.75) is 34.7 Å². The lowest BCUT2D eigenvalue weighted by Crippen LogP contribution is -2.48. The molecule has 0 aliphatic carbocycles. The van der Waals surface area contributed by atoms with E-state index in [0.29, 0.717) is 22.5 Å². The predicted molar refractivity (Wildman–Crippen MR) is 191 cm³/mol. The van der Waals surface area contributed by atoms with Crippen molar-refractivity contribution in [2.75, 3.05) is 17.9 Å². The first-order valence-corrected chi connectivity index (χ1v) is 17.2. The van der Waals surface area contributed by atoms with Gasteiger partial charge in [-0.2, -0.15) is 0 Å². The number of anilines is 1. The molecule has 8 N–H and O–H groups in total. The van der Waals surface area contributed by atoms with Crippen molar-refractivity contribution in [1.82, 2.24) is 16.1 Å². The molecule has 2 unspecified atom stereocenters. The van der Waals surface area contributed by atoms with E-state index in [-0.39, 0.29) is 24.3 Å². The Morgan fingerprint density at radius 1 is 0.640 bits per heavy atom. The Morgan fingerprint density at radius 3 is 1.52 bits per heavy atom. The third kappa shape index (κ3) is 13.8. The van der Waals surface area contributed by atoms with Gasteiger partial charge in [0.25, 0.3) is 0 Å². The van der Waals surface area contributed by atoms with Gasteiger partial charge >= 0.3 is 24.0 Å². The highest BCUT2D eigenvalue weighted by atomic mass is 32.2. The second kappa shape index (κ2) is 19.9. The number of hydrogen-bond acceptors (Lipinski definition) is 10. The van der Waals surface area contributed by atoms with Crippen molar-refractivity contribution in [1.29, 1.82) is 0 Å². The average Bonchev–Trinajstić information content (AvgIpc) is 3.11. The van der Waals surface area contributed by atoms with Crippen molar-refractivity contribution in [2.24, 2.45) is 10.2 Å². The smallest absolute Gasteiger partial charge is 0.360 e. The first-order chi connectivity index (χ1) is 23.9. The Balaban J connectivity index is 0.000000270. The summed E-state index contributed by atoms with van der Waals surface area (Å²) in [4.78, 5) is 48.5. The number of phenols is 2. The fraction of sp³-hybridized carbons (Fsp3) is 0.176. The van der Waals surface area contributed by atoms with E-state index in [1.807, 2.05) is 36.8 Å². The minimum atomic E-state index is -1.18. The van der Waals surface area contributed by atoms with Crippen molar-refractivity contribution in [3.05, 3.63) is 108 Å². The lowest BCUT2D eigenvalue weighted by Gasteiger charge is -2.16. The first kappa shape index (κ1) is 38.7. The van der Waals surface area contributed by atoms with Gasteiger partial charge in [0.05, 0.1) is 11.4 Å². The number of carbonyl (C=O) groups excluding carboxylic acids is 2. The van der Waals surface area contributed by atoms with Crippen LogP contribution in [0, 0.1) is 0 Å². The zero-order valence-electron chi connectivity index (χ0n) is 26.9. The topological polar surface area (TPSA) is 222 Å². The Bertz CT molecular complexity index is 1740. The Kier molecular flexibility index (Phi) is 15.4. The number of carbonyl (C=O) groups is 4. The maximum Gasteiger partial charge on any atom is 0.360 e. The SMILES string of the molecule is CSc1ccc(N=NC(=O)NC(Cc2ccc(O)cc2)C(=O)O)cc1.CSc1ccc(NNC(=O)NC(Cc2ccc(O)cc2)C(=O)O)cc1. The fourth-order valence-corrected chi connectivity index (χ4v) is 4.88. The minimum Gasteiger partial charge on any atom is -0.508 e. The van der Waals surface area contributed by atoms with Crippen LogP contribution >= 0.6 is 23.5 Å². The van der Waals surface area contributed by atoms with Crippen LogP contribution in [0.1, 0.15) is 11.1 Å². The van der Waals surface area contributed by atoms with Gasteiger partial charge in [0.1, 0.15) is 23.6 Å². The third-order valence-electron chi connectivity index (χ3n) is 6.69. The van der Waals surface area contributed by atoms with Crippen molar-refractivity contribution in [3.63, 3.8) is 0 Å². The lowest BCUT2D eigenvalue weighted by atomic mass is 10.1.